The molecule has 0 atom stereocenters. The first-order chi connectivity index (χ1) is 8.31. The van der Waals surface area contributed by atoms with Gasteiger partial charge in [-0.25, -0.2) is 4.98 Å². The van der Waals surface area contributed by atoms with Gasteiger partial charge in [0.2, 0.25) is 0 Å². The van der Waals surface area contributed by atoms with Crippen molar-refractivity contribution in [1.29, 1.82) is 0 Å². The van der Waals surface area contributed by atoms with Crippen LogP contribution in [0.5, 0.6) is 0 Å². The Morgan fingerprint density at radius 3 is 2.59 bits per heavy atom. The molecule has 0 saturated heterocycles. The zero-order valence-corrected chi connectivity index (χ0v) is 10.1. The van der Waals surface area contributed by atoms with Crippen molar-refractivity contribution in [2.75, 3.05) is 5.73 Å². The van der Waals surface area contributed by atoms with Crippen LogP contribution in [0, 0.1) is 0 Å². The summed E-state index contributed by atoms with van der Waals surface area (Å²) in [6, 6.07) is 10.3. The predicted molar refractivity (Wildman–Crippen MR) is 69.7 cm³/mol. The highest BCUT2D eigenvalue weighted by Gasteiger charge is 2.30. The summed E-state index contributed by atoms with van der Waals surface area (Å²) in [6.45, 7) is 2.98. The third kappa shape index (κ3) is 1.71. The summed E-state index contributed by atoms with van der Waals surface area (Å²) < 4.78 is 2.11. The van der Waals surface area contributed by atoms with Crippen molar-refractivity contribution in [3.8, 4) is 11.4 Å². The standard InChI is InChI=1S/C14H17N3/c1-2-17-13(15)12(10-8-9-10)16-14(17)11-6-4-3-5-7-11/h3-7,10H,2,8-9,15H2,1H3. The van der Waals surface area contributed by atoms with E-state index in [0.717, 1.165) is 29.4 Å². The van der Waals surface area contributed by atoms with Crippen molar-refractivity contribution in [3.05, 3.63) is 36.0 Å². The molecular weight excluding hydrogens is 210 g/mol. The van der Waals surface area contributed by atoms with Crippen LogP contribution in [0.2, 0.25) is 0 Å². The van der Waals surface area contributed by atoms with Gasteiger partial charge < -0.3 is 10.3 Å². The number of nitrogen functional groups attached to an aromatic ring is 1. The fraction of sp³-hybridized carbons (Fsp3) is 0.357. The zero-order chi connectivity index (χ0) is 11.8. The molecule has 1 heterocycles. The van der Waals surface area contributed by atoms with E-state index in [1.54, 1.807) is 0 Å². The molecule has 1 fully saturated rings. The first-order valence-electron chi connectivity index (χ1n) is 6.22. The Bertz CT molecular complexity index is 524. The molecule has 0 radical (unpaired) electrons. The molecule has 2 N–H and O–H groups in total. The summed E-state index contributed by atoms with van der Waals surface area (Å²) in [7, 11) is 0. The molecule has 1 saturated carbocycles. The molecule has 0 aliphatic heterocycles. The monoisotopic (exact) mass is 227 g/mol. The number of hydrogen-bond acceptors (Lipinski definition) is 2. The molecule has 1 aromatic heterocycles. The fourth-order valence-corrected chi connectivity index (χ4v) is 2.27. The Kier molecular flexibility index (Phi) is 2.39. The van der Waals surface area contributed by atoms with Crippen LogP contribution in [0.4, 0.5) is 5.82 Å². The SMILES string of the molecule is CCn1c(-c2ccccc2)nc(C2CC2)c1N. The first kappa shape index (κ1) is 10.4. The van der Waals surface area contributed by atoms with Gasteiger partial charge in [0.25, 0.3) is 0 Å². The molecule has 0 amide bonds. The van der Waals surface area contributed by atoms with Gasteiger partial charge in [0.1, 0.15) is 11.6 Å². The van der Waals surface area contributed by atoms with E-state index in [4.69, 9.17) is 10.7 Å². The number of nitrogens with zero attached hydrogens (tertiary/aromatic N) is 2. The number of hydrogen-bond donors (Lipinski definition) is 1. The van der Waals surface area contributed by atoms with Gasteiger partial charge in [0.05, 0.1) is 5.69 Å². The van der Waals surface area contributed by atoms with Crippen LogP contribution < -0.4 is 5.73 Å². The molecule has 0 unspecified atom stereocenters. The number of rotatable bonds is 3. The summed E-state index contributed by atoms with van der Waals surface area (Å²) in [5.74, 6) is 2.46. The third-order valence-corrected chi connectivity index (χ3v) is 3.35. The highest BCUT2D eigenvalue weighted by molar-refractivity contribution is 5.61. The van der Waals surface area contributed by atoms with E-state index in [2.05, 4.69) is 23.6 Å². The maximum atomic E-state index is 6.19. The summed E-state index contributed by atoms with van der Waals surface area (Å²) in [5.41, 5.74) is 8.44. The minimum Gasteiger partial charge on any atom is -0.384 e. The largest absolute Gasteiger partial charge is 0.384 e. The normalized spacial score (nSPS) is 15.1. The van der Waals surface area contributed by atoms with E-state index in [-0.39, 0.29) is 0 Å². The number of imidazole rings is 1. The van der Waals surface area contributed by atoms with Crippen LogP contribution in [0.15, 0.2) is 30.3 Å². The van der Waals surface area contributed by atoms with Gasteiger partial charge in [-0.05, 0) is 19.8 Å². The molecule has 1 aliphatic carbocycles. The molecule has 0 spiro atoms. The van der Waals surface area contributed by atoms with E-state index in [1.807, 2.05) is 18.2 Å². The Balaban J connectivity index is 2.12. The number of aromatic nitrogens is 2. The highest BCUT2D eigenvalue weighted by atomic mass is 15.1. The summed E-state index contributed by atoms with van der Waals surface area (Å²) in [6.07, 6.45) is 2.47. The second-order valence-electron chi connectivity index (χ2n) is 4.59. The lowest BCUT2D eigenvalue weighted by Gasteiger charge is -2.06. The van der Waals surface area contributed by atoms with Gasteiger partial charge in [0.15, 0.2) is 0 Å². The molecule has 3 nitrogen and oxygen atoms in total. The molecule has 1 aliphatic rings. The summed E-state index contributed by atoms with van der Waals surface area (Å²) in [4.78, 5) is 4.75. The fourth-order valence-electron chi connectivity index (χ4n) is 2.27. The molecular formula is C14H17N3. The quantitative estimate of drug-likeness (QED) is 0.875. The lowest BCUT2D eigenvalue weighted by Crippen LogP contribution is -2.03. The van der Waals surface area contributed by atoms with Crippen LogP contribution in [0.3, 0.4) is 0 Å². The highest BCUT2D eigenvalue weighted by Crippen LogP contribution is 2.43. The molecule has 88 valence electrons. The Labute approximate surface area is 101 Å². The minimum absolute atomic E-state index is 0.602. The van der Waals surface area contributed by atoms with Crippen molar-refractivity contribution in [3.63, 3.8) is 0 Å². The summed E-state index contributed by atoms with van der Waals surface area (Å²) in [5, 5.41) is 0. The number of nitrogens with two attached hydrogens (primary N) is 1. The van der Waals surface area contributed by atoms with E-state index < -0.39 is 0 Å². The molecule has 3 rings (SSSR count). The molecule has 1 aromatic carbocycles. The zero-order valence-electron chi connectivity index (χ0n) is 10.1. The van der Waals surface area contributed by atoms with Gasteiger partial charge in [-0.3, -0.25) is 0 Å². The van der Waals surface area contributed by atoms with Crippen LogP contribution >= 0.6 is 0 Å². The van der Waals surface area contributed by atoms with Crippen LogP contribution in [-0.2, 0) is 6.54 Å². The van der Waals surface area contributed by atoms with E-state index in [0.29, 0.717) is 5.92 Å². The number of benzene rings is 1. The minimum atomic E-state index is 0.602. The van der Waals surface area contributed by atoms with Crippen LogP contribution in [0.1, 0.15) is 31.4 Å². The van der Waals surface area contributed by atoms with Gasteiger partial charge >= 0.3 is 0 Å². The average Bonchev–Trinajstić information content (AvgIpc) is 3.15. The van der Waals surface area contributed by atoms with Crippen molar-refractivity contribution in [2.24, 2.45) is 0 Å². The third-order valence-electron chi connectivity index (χ3n) is 3.35. The van der Waals surface area contributed by atoms with E-state index >= 15 is 0 Å². The predicted octanol–water partition coefficient (Wildman–Crippen LogP) is 3.03. The molecule has 2 aromatic rings. The lowest BCUT2D eigenvalue weighted by molar-refractivity contribution is 0.780. The second kappa shape index (κ2) is 3.91. The topological polar surface area (TPSA) is 43.8 Å². The lowest BCUT2D eigenvalue weighted by atomic mass is 10.2. The molecule has 0 bridgehead atoms. The molecule has 3 heteroatoms. The van der Waals surface area contributed by atoms with Gasteiger partial charge in [0, 0.05) is 18.0 Å². The maximum Gasteiger partial charge on any atom is 0.141 e. The first-order valence-corrected chi connectivity index (χ1v) is 6.22. The van der Waals surface area contributed by atoms with Crippen molar-refractivity contribution in [2.45, 2.75) is 32.2 Å². The van der Waals surface area contributed by atoms with Crippen LogP contribution in [-0.4, -0.2) is 9.55 Å². The van der Waals surface area contributed by atoms with Crippen molar-refractivity contribution in [1.82, 2.24) is 9.55 Å². The Hall–Kier alpha value is -1.77. The number of anilines is 1. The van der Waals surface area contributed by atoms with E-state index in [1.165, 1.54) is 12.8 Å². The van der Waals surface area contributed by atoms with Gasteiger partial charge in [-0.15, -0.1) is 0 Å². The maximum absolute atomic E-state index is 6.19. The smallest absolute Gasteiger partial charge is 0.141 e. The van der Waals surface area contributed by atoms with Gasteiger partial charge in [-0.2, -0.15) is 0 Å². The van der Waals surface area contributed by atoms with E-state index in [9.17, 15) is 0 Å². The summed E-state index contributed by atoms with van der Waals surface area (Å²) >= 11 is 0. The van der Waals surface area contributed by atoms with Crippen LogP contribution in [0.25, 0.3) is 11.4 Å². The second-order valence-corrected chi connectivity index (χ2v) is 4.59. The average molecular weight is 227 g/mol. The van der Waals surface area contributed by atoms with Gasteiger partial charge in [-0.1, -0.05) is 30.3 Å². The van der Waals surface area contributed by atoms with Crippen molar-refractivity contribution >= 4 is 5.82 Å². The Morgan fingerprint density at radius 2 is 2.00 bits per heavy atom. The molecule has 17 heavy (non-hydrogen) atoms. The Morgan fingerprint density at radius 1 is 1.29 bits per heavy atom. The van der Waals surface area contributed by atoms with Crippen molar-refractivity contribution < 1.29 is 0 Å².